The molecule has 3 N–H and O–H groups in total. The topological polar surface area (TPSA) is 44.3 Å². The van der Waals surface area contributed by atoms with E-state index in [1.807, 2.05) is 25.1 Å². The second kappa shape index (κ2) is 11.9. The van der Waals surface area contributed by atoms with Crippen molar-refractivity contribution >= 4 is 0 Å². The lowest BCUT2D eigenvalue weighted by molar-refractivity contribution is 0.198. The summed E-state index contributed by atoms with van der Waals surface area (Å²) in [7, 11) is 0. The molecule has 0 fully saturated rings. The lowest BCUT2D eigenvalue weighted by atomic mass is 10.0. The highest BCUT2D eigenvalue weighted by atomic mass is 16.3. The summed E-state index contributed by atoms with van der Waals surface area (Å²) in [5, 5.41) is 17.3. The predicted octanol–water partition coefficient (Wildman–Crippen LogP) is 4.47. The van der Waals surface area contributed by atoms with Gasteiger partial charge < -0.3 is 15.7 Å². The van der Waals surface area contributed by atoms with Crippen LogP contribution >= 0.6 is 0 Å². The van der Waals surface area contributed by atoms with E-state index in [-0.39, 0.29) is 0 Å². The van der Waals surface area contributed by atoms with Crippen LogP contribution in [0.2, 0.25) is 0 Å². The first-order valence-electron chi connectivity index (χ1n) is 10.3. The largest absolute Gasteiger partial charge is 0.389 e. The lowest BCUT2D eigenvalue weighted by Crippen LogP contribution is -2.39. The van der Waals surface area contributed by atoms with Crippen molar-refractivity contribution in [2.45, 2.75) is 58.7 Å². The maximum Gasteiger partial charge on any atom is 0.0765 e. The van der Waals surface area contributed by atoms with Crippen LogP contribution in [0.3, 0.4) is 0 Å². The van der Waals surface area contributed by atoms with Crippen LogP contribution in [-0.2, 0) is 13.0 Å². The molecule has 2 aromatic carbocycles. The maximum absolute atomic E-state index is 9.97. The molecule has 0 aliphatic heterocycles. The number of hydrogen-bond acceptors (Lipinski definition) is 3. The molecule has 3 heteroatoms. The summed E-state index contributed by atoms with van der Waals surface area (Å²) in [6.07, 6.45) is 2.99. The highest BCUT2D eigenvalue weighted by molar-refractivity contribution is 5.28. The standard InChI is InChI=1S/C24H36N2O/c1-19(2)16-23(18-25-15-9-12-21-10-5-4-6-11-21)26-17-22-13-7-8-14-24(22)20(3)27/h4-8,10-11,13-14,19-20,23,25-27H,9,12,15-18H2,1-3H3. The van der Waals surface area contributed by atoms with Crippen LogP contribution < -0.4 is 10.6 Å². The van der Waals surface area contributed by atoms with E-state index in [1.165, 1.54) is 11.1 Å². The molecule has 0 bridgehead atoms. The van der Waals surface area contributed by atoms with Gasteiger partial charge in [-0.15, -0.1) is 0 Å². The van der Waals surface area contributed by atoms with E-state index in [9.17, 15) is 5.11 Å². The Kier molecular flexibility index (Phi) is 9.54. The quantitative estimate of drug-likeness (QED) is 0.485. The minimum Gasteiger partial charge on any atom is -0.389 e. The Hall–Kier alpha value is -1.68. The number of aliphatic hydroxyl groups is 1. The van der Waals surface area contributed by atoms with E-state index in [2.05, 4.69) is 60.9 Å². The van der Waals surface area contributed by atoms with Crippen molar-refractivity contribution in [1.29, 1.82) is 0 Å². The van der Waals surface area contributed by atoms with E-state index in [0.29, 0.717) is 12.0 Å². The third kappa shape index (κ3) is 8.25. The van der Waals surface area contributed by atoms with Gasteiger partial charge in [0, 0.05) is 19.1 Å². The fourth-order valence-corrected chi connectivity index (χ4v) is 3.50. The van der Waals surface area contributed by atoms with Crippen LogP contribution in [-0.4, -0.2) is 24.2 Å². The zero-order chi connectivity index (χ0) is 19.5. The van der Waals surface area contributed by atoms with Crippen molar-refractivity contribution in [1.82, 2.24) is 10.6 Å². The van der Waals surface area contributed by atoms with Crippen molar-refractivity contribution in [3.8, 4) is 0 Å². The summed E-state index contributed by atoms with van der Waals surface area (Å²) in [5.41, 5.74) is 3.61. The number of nitrogens with one attached hydrogen (secondary N) is 2. The van der Waals surface area contributed by atoms with Gasteiger partial charge in [0.15, 0.2) is 0 Å². The third-order valence-electron chi connectivity index (χ3n) is 4.89. The van der Waals surface area contributed by atoms with E-state index < -0.39 is 6.10 Å². The molecule has 0 aliphatic rings. The molecule has 0 saturated heterocycles. The molecular weight excluding hydrogens is 332 g/mol. The van der Waals surface area contributed by atoms with Crippen molar-refractivity contribution in [3.63, 3.8) is 0 Å². The molecule has 0 saturated carbocycles. The number of aryl methyl sites for hydroxylation is 1. The maximum atomic E-state index is 9.97. The molecule has 27 heavy (non-hydrogen) atoms. The minimum atomic E-state index is -0.428. The Bertz CT molecular complexity index is 640. The van der Waals surface area contributed by atoms with Gasteiger partial charge >= 0.3 is 0 Å². The van der Waals surface area contributed by atoms with Crippen molar-refractivity contribution < 1.29 is 5.11 Å². The number of aliphatic hydroxyl groups excluding tert-OH is 1. The van der Waals surface area contributed by atoms with Crippen LogP contribution in [0.5, 0.6) is 0 Å². The summed E-state index contributed by atoms with van der Waals surface area (Å²) in [5.74, 6) is 0.653. The first kappa shape index (κ1) is 21.6. The normalized spacial score (nSPS) is 13.7. The molecule has 0 radical (unpaired) electrons. The third-order valence-corrected chi connectivity index (χ3v) is 4.89. The first-order valence-corrected chi connectivity index (χ1v) is 10.3. The van der Waals surface area contributed by atoms with E-state index in [1.54, 1.807) is 0 Å². The Morgan fingerprint density at radius 3 is 2.33 bits per heavy atom. The van der Waals surface area contributed by atoms with Crippen LogP contribution in [0.1, 0.15) is 56.4 Å². The van der Waals surface area contributed by atoms with Gasteiger partial charge in [-0.2, -0.15) is 0 Å². The second-order valence-corrected chi connectivity index (χ2v) is 7.88. The fraction of sp³-hybridized carbons (Fsp3) is 0.500. The summed E-state index contributed by atoms with van der Waals surface area (Å²) in [6.45, 7) is 9.18. The zero-order valence-corrected chi connectivity index (χ0v) is 17.1. The average Bonchev–Trinajstić information content (AvgIpc) is 2.66. The molecule has 3 nitrogen and oxygen atoms in total. The molecule has 0 aromatic heterocycles. The minimum absolute atomic E-state index is 0.428. The lowest BCUT2D eigenvalue weighted by Gasteiger charge is -2.22. The van der Waals surface area contributed by atoms with Gasteiger partial charge in [0.25, 0.3) is 0 Å². The molecule has 0 heterocycles. The Balaban J connectivity index is 1.77. The van der Waals surface area contributed by atoms with E-state index >= 15 is 0 Å². The van der Waals surface area contributed by atoms with Gasteiger partial charge in [0.2, 0.25) is 0 Å². The summed E-state index contributed by atoms with van der Waals surface area (Å²) in [4.78, 5) is 0. The average molecular weight is 369 g/mol. The number of benzene rings is 2. The Labute approximate surface area is 165 Å². The number of rotatable bonds is 12. The van der Waals surface area contributed by atoms with Crippen LogP contribution in [0.15, 0.2) is 54.6 Å². The van der Waals surface area contributed by atoms with E-state index in [0.717, 1.165) is 44.5 Å². The molecule has 0 aliphatic carbocycles. The summed E-state index contributed by atoms with van der Waals surface area (Å²) < 4.78 is 0. The van der Waals surface area contributed by atoms with Crippen LogP contribution in [0, 0.1) is 5.92 Å². The second-order valence-electron chi connectivity index (χ2n) is 7.88. The monoisotopic (exact) mass is 368 g/mol. The molecule has 2 atom stereocenters. The van der Waals surface area contributed by atoms with Crippen molar-refractivity contribution in [2.24, 2.45) is 5.92 Å². The van der Waals surface area contributed by atoms with Crippen LogP contribution in [0.25, 0.3) is 0 Å². The van der Waals surface area contributed by atoms with Gasteiger partial charge in [0.1, 0.15) is 0 Å². The Morgan fingerprint density at radius 1 is 0.926 bits per heavy atom. The SMILES string of the molecule is CC(C)CC(CNCCCc1ccccc1)NCc1ccccc1C(C)O. The van der Waals surface area contributed by atoms with Gasteiger partial charge in [0.05, 0.1) is 6.10 Å². The molecule has 2 unspecified atom stereocenters. The number of hydrogen-bond donors (Lipinski definition) is 3. The van der Waals surface area contributed by atoms with Crippen molar-refractivity contribution in [2.75, 3.05) is 13.1 Å². The van der Waals surface area contributed by atoms with Crippen LogP contribution in [0.4, 0.5) is 0 Å². The Morgan fingerprint density at radius 2 is 1.63 bits per heavy atom. The smallest absolute Gasteiger partial charge is 0.0765 e. The zero-order valence-electron chi connectivity index (χ0n) is 17.1. The first-order chi connectivity index (χ1) is 13.1. The highest BCUT2D eigenvalue weighted by Crippen LogP contribution is 2.17. The van der Waals surface area contributed by atoms with Gasteiger partial charge in [-0.1, -0.05) is 68.4 Å². The molecule has 2 rings (SSSR count). The molecular formula is C24H36N2O. The summed E-state index contributed by atoms with van der Waals surface area (Å²) >= 11 is 0. The predicted molar refractivity (Wildman–Crippen MR) is 115 cm³/mol. The fourth-order valence-electron chi connectivity index (χ4n) is 3.50. The highest BCUT2D eigenvalue weighted by Gasteiger charge is 2.12. The van der Waals surface area contributed by atoms with E-state index in [4.69, 9.17) is 0 Å². The van der Waals surface area contributed by atoms with Gasteiger partial charge in [-0.25, -0.2) is 0 Å². The molecule has 148 valence electrons. The molecule has 0 spiro atoms. The van der Waals surface area contributed by atoms with Gasteiger partial charge in [-0.05, 0) is 55.3 Å². The molecule has 2 aromatic rings. The summed E-state index contributed by atoms with van der Waals surface area (Å²) in [6, 6.07) is 19.3. The molecule has 0 amide bonds. The van der Waals surface area contributed by atoms with Gasteiger partial charge in [-0.3, -0.25) is 0 Å². The van der Waals surface area contributed by atoms with Crippen molar-refractivity contribution in [3.05, 3.63) is 71.3 Å².